The molecule has 0 saturated carbocycles. The van der Waals surface area contributed by atoms with Crippen molar-refractivity contribution < 1.29 is 45.5 Å². The average Bonchev–Trinajstić information content (AvgIpc) is 3.47. The maximum atomic E-state index is 13.7. The number of hydrogen-bond acceptors (Lipinski definition) is 15. The lowest BCUT2D eigenvalue weighted by atomic mass is 10.2. The van der Waals surface area contributed by atoms with Crippen LogP contribution in [0.2, 0.25) is 0 Å². The number of methoxy groups -OCH3 is 4. The van der Waals surface area contributed by atoms with Gasteiger partial charge in [0.05, 0.1) is 45.3 Å². The van der Waals surface area contributed by atoms with Crippen molar-refractivity contribution in [2.75, 3.05) is 35.5 Å². The number of benzene rings is 4. The van der Waals surface area contributed by atoms with Crippen LogP contribution in [0.25, 0.3) is 11.5 Å². The van der Waals surface area contributed by atoms with Gasteiger partial charge >= 0.3 is 0 Å². The van der Waals surface area contributed by atoms with Crippen LogP contribution in [0.1, 0.15) is 11.1 Å². The zero-order valence-electron chi connectivity index (χ0n) is 27.2. The summed E-state index contributed by atoms with van der Waals surface area (Å²) < 4.78 is 75.9. The Morgan fingerprint density at radius 2 is 0.920 bits per heavy atom. The lowest BCUT2D eigenvalue weighted by Gasteiger charge is -2.19. The molecule has 0 N–H and O–H groups in total. The minimum absolute atomic E-state index is 0.0741. The van der Waals surface area contributed by atoms with Crippen LogP contribution in [-0.4, -0.2) is 57.5 Å². The van der Waals surface area contributed by atoms with E-state index >= 15 is 0 Å². The topological polar surface area (TPSA) is 176 Å². The molecule has 0 atom stereocenters. The molecule has 2 aliphatic rings. The lowest BCUT2D eigenvalue weighted by molar-refractivity contribution is -0.276. The molecule has 0 aliphatic carbocycles. The molecule has 0 fully saturated rings. The Labute approximate surface area is 287 Å². The molecular weight excluding hydrogens is 691 g/mol. The number of hydroxylamine groups is 2. The van der Waals surface area contributed by atoms with Crippen LogP contribution in [0, 0.1) is 0 Å². The minimum Gasteiger partial charge on any atom is -0.497 e. The summed E-state index contributed by atoms with van der Waals surface area (Å²) in [5.41, 5.74) is 0.798. The smallest absolute Gasteiger partial charge is 0.230 e. The van der Waals surface area contributed by atoms with E-state index in [0.717, 1.165) is 5.23 Å². The zero-order valence-corrected chi connectivity index (χ0v) is 28.9. The first kappa shape index (κ1) is 34.1. The third kappa shape index (κ3) is 6.13. The van der Waals surface area contributed by atoms with E-state index in [-0.39, 0.29) is 55.3 Å². The Hall–Kier alpha value is -5.78. The van der Waals surface area contributed by atoms with E-state index in [1.165, 1.54) is 59.8 Å². The second-order valence-corrected chi connectivity index (χ2v) is 14.0. The number of azo groups is 2. The molecular formula is C33H29N5O10S2. The van der Waals surface area contributed by atoms with Crippen LogP contribution in [0.4, 0.5) is 11.4 Å². The van der Waals surface area contributed by atoms with Gasteiger partial charge in [-0.2, -0.15) is 0 Å². The molecule has 4 aromatic rings. The van der Waals surface area contributed by atoms with E-state index in [4.69, 9.17) is 28.6 Å². The second kappa shape index (κ2) is 13.6. The molecule has 0 aromatic heterocycles. The molecule has 6 rings (SSSR count). The number of rotatable bonds is 12. The van der Waals surface area contributed by atoms with E-state index in [1.807, 2.05) is 0 Å². The maximum Gasteiger partial charge on any atom is 0.230 e. The van der Waals surface area contributed by atoms with Crippen molar-refractivity contribution in [3.63, 3.8) is 0 Å². The number of fused-ring (bicyclic) bond motifs is 2. The normalized spacial score (nSPS) is 15.8. The van der Waals surface area contributed by atoms with Crippen LogP contribution in [0.5, 0.6) is 23.0 Å². The second-order valence-electron chi connectivity index (χ2n) is 10.4. The summed E-state index contributed by atoms with van der Waals surface area (Å²) in [7, 11) is -1.29. The predicted octanol–water partition coefficient (Wildman–Crippen LogP) is 6.61. The van der Waals surface area contributed by atoms with Gasteiger partial charge in [-0.15, -0.1) is 20.5 Å². The van der Waals surface area contributed by atoms with Gasteiger partial charge in [-0.05, 0) is 48.5 Å². The SMILES string of the molecule is COc1ccc(/N=N/C2=C(ON(C)OC3=C(/N=N/c4ccc(OC)cc4OC)S(=O)(=O)c4ccccc43)c3ccccc3S2(=O)=O)c(OC)c1. The van der Waals surface area contributed by atoms with Crippen molar-refractivity contribution in [3.8, 4) is 23.0 Å². The molecule has 17 heteroatoms. The molecule has 0 spiro atoms. The van der Waals surface area contributed by atoms with Gasteiger partial charge in [0, 0.05) is 28.5 Å². The highest BCUT2D eigenvalue weighted by Gasteiger charge is 2.41. The quantitative estimate of drug-likeness (QED) is 0.114. The van der Waals surface area contributed by atoms with Gasteiger partial charge in [-0.3, -0.25) is 0 Å². The average molecular weight is 720 g/mol. The minimum atomic E-state index is -4.22. The fourth-order valence-corrected chi connectivity index (χ4v) is 7.96. The highest BCUT2D eigenvalue weighted by atomic mass is 32.2. The fraction of sp³-hybridized carbons (Fsp3) is 0.152. The van der Waals surface area contributed by atoms with Crippen molar-refractivity contribution >= 4 is 42.6 Å². The van der Waals surface area contributed by atoms with Gasteiger partial charge in [0.2, 0.25) is 29.7 Å². The molecule has 15 nitrogen and oxygen atoms in total. The summed E-state index contributed by atoms with van der Waals surface area (Å²) in [6.45, 7) is 0. The Balaban J connectivity index is 1.40. The molecule has 2 heterocycles. The molecule has 4 aromatic carbocycles. The number of sulfone groups is 2. The fourth-order valence-electron chi connectivity index (χ4n) is 5.04. The van der Waals surface area contributed by atoms with E-state index in [0.29, 0.717) is 11.5 Å². The monoisotopic (exact) mass is 719 g/mol. The Bertz CT molecular complexity index is 2180. The summed E-state index contributed by atoms with van der Waals surface area (Å²) in [5, 5.41) is 16.2. The zero-order chi connectivity index (χ0) is 35.6. The largest absolute Gasteiger partial charge is 0.497 e. The van der Waals surface area contributed by atoms with E-state index < -0.39 is 29.7 Å². The number of nitrogens with zero attached hydrogens (tertiary/aromatic N) is 5. The molecule has 0 amide bonds. The summed E-state index contributed by atoms with van der Waals surface area (Å²) in [4.78, 5) is 11.8. The first-order valence-electron chi connectivity index (χ1n) is 14.6. The van der Waals surface area contributed by atoms with E-state index in [1.54, 1.807) is 60.7 Å². The third-order valence-electron chi connectivity index (χ3n) is 7.45. The lowest BCUT2D eigenvalue weighted by Crippen LogP contribution is -2.18. The first-order chi connectivity index (χ1) is 24.0. The molecule has 0 unspecified atom stereocenters. The molecule has 2 aliphatic heterocycles. The van der Waals surface area contributed by atoms with Gasteiger partial charge in [0.15, 0.2) is 11.5 Å². The van der Waals surface area contributed by atoms with Crippen molar-refractivity contribution in [2.24, 2.45) is 20.5 Å². The highest BCUT2D eigenvalue weighted by molar-refractivity contribution is 7.96. The molecule has 0 radical (unpaired) electrons. The molecule has 0 saturated heterocycles. The molecule has 50 heavy (non-hydrogen) atoms. The van der Waals surface area contributed by atoms with Crippen molar-refractivity contribution in [2.45, 2.75) is 9.79 Å². The number of ether oxygens (including phenoxy) is 4. The summed E-state index contributed by atoms with van der Waals surface area (Å²) in [6.07, 6.45) is 0. The van der Waals surface area contributed by atoms with Crippen LogP contribution in [0.3, 0.4) is 0 Å². The van der Waals surface area contributed by atoms with Gasteiger partial charge in [-0.1, -0.05) is 24.3 Å². The molecule has 0 bridgehead atoms. The van der Waals surface area contributed by atoms with E-state index in [2.05, 4.69) is 20.5 Å². The predicted molar refractivity (Wildman–Crippen MR) is 179 cm³/mol. The summed E-state index contributed by atoms with van der Waals surface area (Å²) >= 11 is 0. The van der Waals surface area contributed by atoms with Crippen LogP contribution >= 0.6 is 0 Å². The van der Waals surface area contributed by atoms with Gasteiger partial charge < -0.3 is 28.6 Å². The maximum absolute atomic E-state index is 13.7. The first-order valence-corrected chi connectivity index (χ1v) is 17.5. The molecule has 258 valence electrons. The van der Waals surface area contributed by atoms with Crippen LogP contribution in [0.15, 0.2) is 125 Å². The van der Waals surface area contributed by atoms with Gasteiger partial charge in [0.25, 0.3) is 0 Å². The Kier molecular flexibility index (Phi) is 9.29. The van der Waals surface area contributed by atoms with E-state index in [9.17, 15) is 16.8 Å². The Morgan fingerprint density at radius 1 is 0.520 bits per heavy atom. The van der Waals surface area contributed by atoms with Gasteiger partial charge in [0.1, 0.15) is 34.4 Å². The van der Waals surface area contributed by atoms with Crippen LogP contribution < -0.4 is 18.9 Å². The number of hydrogen-bond donors (Lipinski definition) is 0. The highest BCUT2D eigenvalue weighted by Crippen LogP contribution is 2.45. The van der Waals surface area contributed by atoms with Gasteiger partial charge in [-0.25, -0.2) is 16.8 Å². The third-order valence-corrected chi connectivity index (χ3v) is 10.9. The summed E-state index contributed by atoms with van der Waals surface area (Å²) in [5.74, 6) is 1.12. The van der Waals surface area contributed by atoms with Crippen molar-refractivity contribution in [3.05, 3.63) is 106 Å². The Morgan fingerprint density at radius 3 is 1.30 bits per heavy atom. The summed E-state index contributed by atoms with van der Waals surface area (Å²) in [6, 6.07) is 21.7. The van der Waals surface area contributed by atoms with Crippen LogP contribution in [-0.2, 0) is 29.3 Å². The standard InChI is InChI=1S/C33H29N5O10S2/c1-38(47-30-22-10-6-8-12-28(22)49(39,40)32(30)36-34-24-16-14-20(43-2)18-26(24)45-4)48-31-23-11-7-9-13-29(23)50(41,42)33(31)37-35-25-17-15-21(44-3)19-27(25)46-5/h6-19H,1-5H3/b36-34+,37-35+. The van der Waals surface area contributed by atoms with Crippen molar-refractivity contribution in [1.82, 2.24) is 5.23 Å². The van der Waals surface area contributed by atoms with Crippen molar-refractivity contribution in [1.29, 1.82) is 0 Å².